The van der Waals surface area contributed by atoms with Crippen molar-refractivity contribution in [3.63, 3.8) is 0 Å². The van der Waals surface area contributed by atoms with Crippen LogP contribution in [0.5, 0.6) is 0 Å². The molecule has 0 bridgehead atoms. The Morgan fingerprint density at radius 1 is 0.795 bits per heavy atom. The summed E-state index contributed by atoms with van der Waals surface area (Å²) < 4.78 is 21.1. The maximum absolute atomic E-state index is 7.45. The molecule has 0 saturated carbocycles. The first kappa shape index (κ1) is 32.2. The zero-order valence-electron chi connectivity index (χ0n) is 26.8. The number of nitrogens with zero attached hydrogens (tertiary/aromatic N) is 1. The average Bonchev–Trinajstić information content (AvgIpc) is 2.77. The molecule has 0 radical (unpaired) electrons. The zero-order chi connectivity index (χ0) is 29.3. The molecule has 0 spiro atoms. The molecule has 1 aliphatic rings. The largest absolute Gasteiger partial charge is 0.410 e. The Kier molecular flexibility index (Phi) is 9.84. The topological polar surface area (TPSA) is 30.9 Å². The minimum Gasteiger partial charge on any atom is -0.410 e. The van der Waals surface area contributed by atoms with E-state index in [-0.39, 0.29) is 28.5 Å². The van der Waals surface area contributed by atoms with E-state index in [0.717, 1.165) is 19.5 Å². The van der Waals surface area contributed by atoms with Crippen LogP contribution in [0.15, 0.2) is 60.7 Å². The Morgan fingerprint density at radius 2 is 1.23 bits per heavy atom. The molecular weight excluding hydrogens is 515 g/mol. The standard InChI is InChI=1S/C33H55NO3Si2/c1-26-30(34(24-27-19-15-13-16-20-27)25-28-21-17-14-18-22-28)33(8,37-39(11,12)32(5,6)7)23-29(35-26)36-38(9,10)31(2,3)4/h13-22,26,29-30H,23-25H2,1-12H3/t26?,29-,30?,33-/m1/s1. The monoisotopic (exact) mass is 569 g/mol. The fourth-order valence-electron chi connectivity index (χ4n) is 5.29. The van der Waals surface area contributed by atoms with Gasteiger partial charge in [0.25, 0.3) is 0 Å². The van der Waals surface area contributed by atoms with Gasteiger partial charge in [-0.1, -0.05) is 102 Å². The summed E-state index contributed by atoms with van der Waals surface area (Å²) in [5, 5.41) is 0.210. The van der Waals surface area contributed by atoms with Crippen LogP contribution in [0.1, 0.15) is 72.9 Å². The highest BCUT2D eigenvalue weighted by atomic mass is 28.4. The van der Waals surface area contributed by atoms with Crippen molar-refractivity contribution in [2.75, 3.05) is 0 Å². The van der Waals surface area contributed by atoms with E-state index in [1.54, 1.807) is 0 Å². The van der Waals surface area contributed by atoms with Crippen LogP contribution in [0.3, 0.4) is 0 Å². The van der Waals surface area contributed by atoms with E-state index in [2.05, 4.69) is 147 Å². The third kappa shape index (κ3) is 7.93. The van der Waals surface area contributed by atoms with Crippen LogP contribution in [0.2, 0.25) is 36.3 Å². The lowest BCUT2D eigenvalue weighted by molar-refractivity contribution is -0.234. The Morgan fingerprint density at radius 3 is 1.64 bits per heavy atom. The molecule has 6 heteroatoms. The molecule has 4 nitrogen and oxygen atoms in total. The lowest BCUT2D eigenvalue weighted by Crippen LogP contribution is -2.67. The fourth-order valence-corrected chi connectivity index (χ4v) is 8.12. The number of hydrogen-bond acceptors (Lipinski definition) is 4. The van der Waals surface area contributed by atoms with Crippen LogP contribution >= 0.6 is 0 Å². The summed E-state index contributed by atoms with van der Waals surface area (Å²) >= 11 is 0. The number of benzene rings is 2. The Labute approximate surface area is 241 Å². The number of hydrogen-bond donors (Lipinski definition) is 0. The molecule has 2 unspecified atom stereocenters. The van der Waals surface area contributed by atoms with E-state index in [1.807, 2.05) is 0 Å². The van der Waals surface area contributed by atoms with Gasteiger partial charge in [0.1, 0.15) is 0 Å². The highest BCUT2D eigenvalue weighted by molar-refractivity contribution is 6.74. The third-order valence-electron chi connectivity index (χ3n) is 9.39. The molecule has 0 aromatic heterocycles. The van der Waals surface area contributed by atoms with Gasteiger partial charge in [-0.2, -0.15) is 0 Å². The van der Waals surface area contributed by atoms with Crippen molar-refractivity contribution in [1.29, 1.82) is 0 Å². The molecule has 1 saturated heterocycles. The lowest BCUT2D eigenvalue weighted by Gasteiger charge is -2.56. The van der Waals surface area contributed by atoms with Crippen LogP contribution < -0.4 is 0 Å². The van der Waals surface area contributed by atoms with Gasteiger partial charge in [0.05, 0.1) is 17.7 Å². The molecule has 2 aromatic carbocycles. The van der Waals surface area contributed by atoms with Gasteiger partial charge in [-0.25, -0.2) is 0 Å². The summed E-state index contributed by atoms with van der Waals surface area (Å²) in [6, 6.07) is 21.7. The normalized spacial score (nSPS) is 25.2. The smallest absolute Gasteiger partial charge is 0.195 e. The van der Waals surface area contributed by atoms with Crippen molar-refractivity contribution in [3.8, 4) is 0 Å². The van der Waals surface area contributed by atoms with Gasteiger partial charge in [-0.3, -0.25) is 4.90 Å². The third-order valence-corrected chi connectivity index (χ3v) is 18.4. The molecule has 0 amide bonds. The molecule has 218 valence electrons. The van der Waals surface area contributed by atoms with E-state index >= 15 is 0 Å². The van der Waals surface area contributed by atoms with Gasteiger partial charge in [0, 0.05) is 19.5 Å². The minimum absolute atomic E-state index is 0.0595. The number of ether oxygens (including phenoxy) is 1. The fraction of sp³-hybridized carbons (Fsp3) is 0.636. The van der Waals surface area contributed by atoms with Crippen LogP contribution in [0, 0.1) is 0 Å². The predicted molar refractivity (Wildman–Crippen MR) is 170 cm³/mol. The molecule has 4 atom stereocenters. The maximum atomic E-state index is 7.45. The first-order chi connectivity index (χ1) is 17.8. The molecule has 1 heterocycles. The quantitative estimate of drug-likeness (QED) is 0.282. The summed E-state index contributed by atoms with van der Waals surface area (Å²) in [7, 11) is -4.15. The lowest BCUT2D eigenvalue weighted by atomic mass is 9.84. The first-order valence-corrected chi connectivity index (χ1v) is 20.5. The highest BCUT2D eigenvalue weighted by Gasteiger charge is 2.54. The van der Waals surface area contributed by atoms with Gasteiger partial charge in [0.2, 0.25) is 0 Å². The van der Waals surface area contributed by atoms with Crippen LogP contribution in [0.25, 0.3) is 0 Å². The van der Waals surface area contributed by atoms with E-state index in [9.17, 15) is 0 Å². The van der Waals surface area contributed by atoms with E-state index in [0.29, 0.717) is 0 Å². The molecule has 39 heavy (non-hydrogen) atoms. The summed E-state index contributed by atoms with van der Waals surface area (Å²) in [5.74, 6) is 0. The first-order valence-electron chi connectivity index (χ1n) is 14.7. The van der Waals surface area contributed by atoms with E-state index in [1.165, 1.54) is 11.1 Å². The summed E-state index contributed by atoms with van der Waals surface area (Å²) in [6.45, 7) is 29.5. The highest BCUT2D eigenvalue weighted by Crippen LogP contribution is 2.46. The average molecular weight is 570 g/mol. The summed E-state index contributed by atoms with van der Waals surface area (Å²) in [5.41, 5.74) is 2.17. The molecule has 3 rings (SSSR count). The molecule has 0 aliphatic carbocycles. The van der Waals surface area contributed by atoms with Gasteiger partial charge in [0.15, 0.2) is 22.9 Å². The second kappa shape index (κ2) is 11.9. The van der Waals surface area contributed by atoms with Crippen molar-refractivity contribution >= 4 is 16.6 Å². The second-order valence-corrected chi connectivity index (χ2v) is 24.3. The molecule has 1 aliphatic heterocycles. The van der Waals surface area contributed by atoms with Gasteiger partial charge >= 0.3 is 0 Å². The zero-order valence-corrected chi connectivity index (χ0v) is 28.8. The van der Waals surface area contributed by atoms with Gasteiger partial charge in [-0.15, -0.1) is 0 Å². The molecular formula is C33H55NO3Si2. The van der Waals surface area contributed by atoms with Crippen molar-refractivity contribution < 1.29 is 13.6 Å². The van der Waals surface area contributed by atoms with Crippen LogP contribution in [-0.4, -0.2) is 45.6 Å². The molecule has 0 N–H and O–H groups in total. The van der Waals surface area contributed by atoms with Crippen molar-refractivity contribution in [2.45, 2.75) is 135 Å². The van der Waals surface area contributed by atoms with Crippen LogP contribution in [-0.2, 0) is 26.7 Å². The molecule has 1 fully saturated rings. The second-order valence-electron chi connectivity index (χ2n) is 14.8. The Hall–Kier alpha value is -1.29. The van der Waals surface area contributed by atoms with Crippen LogP contribution in [0.4, 0.5) is 0 Å². The summed E-state index contributed by atoms with van der Waals surface area (Å²) in [6.07, 6.45) is 0.388. The predicted octanol–water partition coefficient (Wildman–Crippen LogP) is 8.99. The van der Waals surface area contributed by atoms with Crippen molar-refractivity contribution in [3.05, 3.63) is 71.8 Å². The Balaban J connectivity index is 2.06. The van der Waals surface area contributed by atoms with Gasteiger partial charge in [-0.05, 0) is 61.2 Å². The van der Waals surface area contributed by atoms with E-state index < -0.39 is 22.2 Å². The minimum atomic E-state index is -2.12. The number of rotatable bonds is 9. The van der Waals surface area contributed by atoms with Crippen molar-refractivity contribution in [2.24, 2.45) is 0 Å². The van der Waals surface area contributed by atoms with Crippen molar-refractivity contribution in [1.82, 2.24) is 4.90 Å². The SMILES string of the molecule is CC1O[C@H](O[Si](C)(C)C(C)(C)C)C[C@@](C)(O[Si](C)(C)C(C)(C)C)C1N(Cc1ccccc1)Cc1ccccc1. The van der Waals surface area contributed by atoms with Gasteiger partial charge < -0.3 is 13.6 Å². The summed E-state index contributed by atoms with van der Waals surface area (Å²) in [4.78, 5) is 2.59. The Bertz CT molecular complexity index is 1000. The maximum Gasteiger partial charge on any atom is 0.195 e. The molecule has 2 aromatic rings. The van der Waals surface area contributed by atoms with E-state index in [4.69, 9.17) is 13.6 Å².